The van der Waals surface area contributed by atoms with Crippen LogP contribution in [0.3, 0.4) is 0 Å². The lowest BCUT2D eigenvalue weighted by Gasteiger charge is -1.89. The van der Waals surface area contributed by atoms with Crippen molar-refractivity contribution in [3.8, 4) is 0 Å². The first kappa shape index (κ1) is 4.43. The molecular formula is C4H7N2O. The third kappa shape index (κ3) is 0.824. The highest BCUT2D eigenvalue weighted by molar-refractivity contribution is 5.84. The van der Waals surface area contributed by atoms with E-state index in [0.717, 1.165) is 0 Å². The van der Waals surface area contributed by atoms with Crippen molar-refractivity contribution in [3.05, 3.63) is 6.42 Å². The molecule has 3 nitrogen and oxygen atoms in total. The Labute approximate surface area is 42.4 Å². The summed E-state index contributed by atoms with van der Waals surface area (Å²) in [5.74, 6) is 0.681. The fourth-order valence-electron chi connectivity index (χ4n) is 0.397. The lowest BCUT2D eigenvalue weighted by molar-refractivity contribution is 0.315. The maximum atomic E-state index is 4.89. The lowest BCUT2D eigenvalue weighted by Crippen LogP contribution is -2.00. The molecule has 0 bridgehead atoms. The third-order valence-electron chi connectivity index (χ3n) is 0.721. The van der Waals surface area contributed by atoms with Crippen molar-refractivity contribution in [3.63, 3.8) is 0 Å². The Kier molecular flexibility index (Phi) is 1.15. The Morgan fingerprint density at radius 1 is 2.00 bits per heavy atom. The van der Waals surface area contributed by atoms with E-state index in [0.29, 0.717) is 12.6 Å². The number of hydrogen-bond donors (Lipinski definition) is 1. The highest BCUT2D eigenvalue weighted by atomic mass is 16.5. The van der Waals surface area contributed by atoms with E-state index in [1.807, 2.05) is 6.92 Å². The van der Waals surface area contributed by atoms with Crippen molar-refractivity contribution in [2.45, 2.75) is 6.92 Å². The number of hydrazone groups is 1. The summed E-state index contributed by atoms with van der Waals surface area (Å²) in [5.41, 5.74) is 2.66. The SMILES string of the molecule is C[CH]C1=NNCO1. The molecule has 3 heteroatoms. The van der Waals surface area contributed by atoms with Gasteiger partial charge in [-0.15, -0.1) is 5.10 Å². The zero-order valence-electron chi connectivity index (χ0n) is 4.14. The molecule has 1 radical (unpaired) electrons. The van der Waals surface area contributed by atoms with Crippen LogP contribution in [0.25, 0.3) is 0 Å². The van der Waals surface area contributed by atoms with Gasteiger partial charge in [-0.25, -0.2) is 0 Å². The van der Waals surface area contributed by atoms with E-state index in [-0.39, 0.29) is 0 Å². The number of nitrogens with one attached hydrogen (secondary N) is 1. The highest BCUT2D eigenvalue weighted by Gasteiger charge is 2.00. The van der Waals surface area contributed by atoms with Crippen LogP contribution in [0.2, 0.25) is 0 Å². The van der Waals surface area contributed by atoms with Crippen molar-refractivity contribution < 1.29 is 4.74 Å². The third-order valence-corrected chi connectivity index (χ3v) is 0.721. The molecule has 0 saturated heterocycles. The van der Waals surface area contributed by atoms with E-state index < -0.39 is 0 Å². The first-order valence-electron chi connectivity index (χ1n) is 2.16. The number of rotatable bonds is 1. The quantitative estimate of drug-likeness (QED) is 0.506. The molecule has 0 aromatic carbocycles. The summed E-state index contributed by atoms with van der Waals surface area (Å²) in [6, 6.07) is 0. The summed E-state index contributed by atoms with van der Waals surface area (Å²) < 4.78 is 4.89. The van der Waals surface area contributed by atoms with Crippen LogP contribution in [0.15, 0.2) is 5.10 Å². The maximum Gasteiger partial charge on any atom is 0.211 e. The Hall–Kier alpha value is -0.730. The average molecular weight is 99.1 g/mol. The Bertz CT molecular complexity index is 89.7. The molecule has 0 spiro atoms. The summed E-state index contributed by atoms with van der Waals surface area (Å²) in [6.45, 7) is 2.39. The van der Waals surface area contributed by atoms with Gasteiger partial charge >= 0.3 is 0 Å². The molecule has 0 aromatic heterocycles. The molecule has 0 saturated carbocycles. The number of ether oxygens (including phenoxy) is 1. The second kappa shape index (κ2) is 1.82. The molecular weight excluding hydrogens is 92.1 g/mol. The normalized spacial score (nSPS) is 17.6. The van der Waals surface area contributed by atoms with Crippen LogP contribution in [0, 0.1) is 6.42 Å². The average Bonchev–Trinajstić information content (AvgIpc) is 2.14. The van der Waals surface area contributed by atoms with Crippen LogP contribution < -0.4 is 5.43 Å². The minimum absolute atomic E-state index is 0.514. The van der Waals surface area contributed by atoms with Crippen LogP contribution in [0.5, 0.6) is 0 Å². The van der Waals surface area contributed by atoms with Crippen LogP contribution in [-0.2, 0) is 4.74 Å². The van der Waals surface area contributed by atoms with E-state index in [1.165, 1.54) is 0 Å². The van der Waals surface area contributed by atoms with Gasteiger partial charge in [-0.2, -0.15) is 0 Å². The minimum Gasteiger partial charge on any atom is -0.457 e. The van der Waals surface area contributed by atoms with Gasteiger partial charge in [0.1, 0.15) is 0 Å². The lowest BCUT2D eigenvalue weighted by atomic mass is 10.5. The van der Waals surface area contributed by atoms with Crippen LogP contribution in [0.1, 0.15) is 6.92 Å². The first-order chi connectivity index (χ1) is 3.43. The minimum atomic E-state index is 0.514. The summed E-state index contributed by atoms with van der Waals surface area (Å²) >= 11 is 0. The van der Waals surface area contributed by atoms with Gasteiger partial charge in [-0.3, -0.25) is 5.43 Å². The topological polar surface area (TPSA) is 33.6 Å². The molecule has 1 heterocycles. The fourth-order valence-corrected chi connectivity index (χ4v) is 0.397. The van der Waals surface area contributed by atoms with Crippen molar-refractivity contribution in [1.29, 1.82) is 0 Å². The highest BCUT2D eigenvalue weighted by Crippen LogP contribution is 1.89. The fraction of sp³-hybridized carbons (Fsp3) is 0.500. The van der Waals surface area contributed by atoms with Crippen LogP contribution >= 0.6 is 0 Å². The van der Waals surface area contributed by atoms with Crippen molar-refractivity contribution in [1.82, 2.24) is 5.43 Å². The first-order valence-corrected chi connectivity index (χ1v) is 2.16. The molecule has 0 aromatic rings. The molecule has 1 N–H and O–H groups in total. The van der Waals surface area contributed by atoms with E-state index in [1.54, 1.807) is 6.42 Å². The molecule has 0 aliphatic carbocycles. The van der Waals surface area contributed by atoms with Gasteiger partial charge in [0.05, 0.1) is 0 Å². The summed E-state index contributed by atoms with van der Waals surface area (Å²) in [5, 5.41) is 3.74. The Morgan fingerprint density at radius 3 is 3.14 bits per heavy atom. The molecule has 0 fully saturated rings. The van der Waals surface area contributed by atoms with Crippen molar-refractivity contribution >= 4 is 5.90 Å². The van der Waals surface area contributed by atoms with E-state index >= 15 is 0 Å². The van der Waals surface area contributed by atoms with Crippen LogP contribution in [-0.4, -0.2) is 12.6 Å². The smallest absolute Gasteiger partial charge is 0.211 e. The zero-order valence-corrected chi connectivity index (χ0v) is 4.14. The summed E-state index contributed by atoms with van der Waals surface area (Å²) in [7, 11) is 0. The van der Waals surface area contributed by atoms with Gasteiger partial charge in [0.25, 0.3) is 0 Å². The molecule has 1 aliphatic rings. The van der Waals surface area contributed by atoms with Gasteiger partial charge in [0.2, 0.25) is 5.90 Å². The number of hydrogen-bond acceptors (Lipinski definition) is 3. The van der Waals surface area contributed by atoms with Gasteiger partial charge in [0, 0.05) is 6.42 Å². The summed E-state index contributed by atoms with van der Waals surface area (Å²) in [4.78, 5) is 0. The number of nitrogens with zero attached hydrogens (tertiary/aromatic N) is 1. The van der Waals surface area contributed by atoms with Crippen molar-refractivity contribution in [2.75, 3.05) is 6.73 Å². The zero-order chi connectivity index (χ0) is 5.11. The van der Waals surface area contributed by atoms with Gasteiger partial charge < -0.3 is 4.74 Å². The van der Waals surface area contributed by atoms with Crippen molar-refractivity contribution in [2.24, 2.45) is 5.10 Å². The second-order valence-corrected chi connectivity index (χ2v) is 1.19. The molecule has 39 valence electrons. The second-order valence-electron chi connectivity index (χ2n) is 1.19. The van der Waals surface area contributed by atoms with Gasteiger partial charge in [0.15, 0.2) is 6.73 Å². The Balaban J connectivity index is 2.36. The largest absolute Gasteiger partial charge is 0.457 e. The predicted octanol–water partition coefficient (Wildman–Crippen LogP) is 0.101. The van der Waals surface area contributed by atoms with E-state index in [4.69, 9.17) is 4.74 Å². The Morgan fingerprint density at radius 2 is 2.86 bits per heavy atom. The van der Waals surface area contributed by atoms with Crippen LogP contribution in [0.4, 0.5) is 0 Å². The molecule has 1 aliphatic heterocycles. The van der Waals surface area contributed by atoms with E-state index in [2.05, 4.69) is 10.5 Å². The molecule has 0 amide bonds. The van der Waals surface area contributed by atoms with Gasteiger partial charge in [-0.05, 0) is 0 Å². The van der Waals surface area contributed by atoms with Gasteiger partial charge in [-0.1, -0.05) is 6.92 Å². The monoisotopic (exact) mass is 99.1 g/mol. The standard InChI is InChI=1S/C4H7N2O/c1-2-4-6-5-3-7-4/h2,5H,3H2,1H3. The predicted molar refractivity (Wildman–Crippen MR) is 26.5 cm³/mol. The molecule has 0 unspecified atom stereocenters. The molecule has 7 heavy (non-hydrogen) atoms. The summed E-state index contributed by atoms with van der Waals surface area (Å²) in [6.07, 6.45) is 1.81. The molecule has 0 atom stereocenters. The maximum absolute atomic E-state index is 4.89. The van der Waals surface area contributed by atoms with E-state index in [9.17, 15) is 0 Å². The molecule has 1 rings (SSSR count).